The fourth-order valence-electron chi connectivity index (χ4n) is 1.93. The smallest absolute Gasteiger partial charge is 0.251 e. The van der Waals surface area contributed by atoms with Crippen LogP contribution >= 0.6 is 15.9 Å². The molecule has 0 saturated carbocycles. The quantitative estimate of drug-likeness (QED) is 0.871. The molecule has 1 amide bonds. The molecule has 0 aliphatic carbocycles. The zero-order chi connectivity index (χ0) is 15.2. The number of halogens is 1. The van der Waals surface area contributed by atoms with Crippen LogP contribution in [0.5, 0.6) is 11.5 Å². The molecule has 0 aliphatic rings. The van der Waals surface area contributed by atoms with E-state index in [-0.39, 0.29) is 17.4 Å². The second-order valence-electron chi connectivity index (χ2n) is 4.50. The minimum atomic E-state index is -0.204. The third-order valence-electron chi connectivity index (χ3n) is 3.05. The van der Waals surface area contributed by atoms with Crippen LogP contribution in [0.3, 0.4) is 0 Å². The van der Waals surface area contributed by atoms with Crippen molar-refractivity contribution in [2.45, 2.75) is 6.42 Å². The minimum Gasteiger partial charge on any atom is -0.503 e. The topological polar surface area (TPSA) is 58.6 Å². The van der Waals surface area contributed by atoms with Crippen molar-refractivity contribution in [1.29, 1.82) is 0 Å². The Bertz CT molecular complexity index is 629. The van der Waals surface area contributed by atoms with Crippen molar-refractivity contribution in [2.24, 2.45) is 0 Å². The van der Waals surface area contributed by atoms with Crippen LogP contribution < -0.4 is 10.1 Å². The lowest BCUT2D eigenvalue weighted by Gasteiger charge is -2.09. The van der Waals surface area contributed by atoms with Gasteiger partial charge in [0.05, 0.1) is 11.6 Å². The molecule has 2 N–H and O–H groups in total. The van der Waals surface area contributed by atoms with E-state index in [1.807, 2.05) is 30.3 Å². The first kappa shape index (κ1) is 15.4. The summed E-state index contributed by atoms with van der Waals surface area (Å²) in [6, 6.07) is 13.0. The molecule has 0 unspecified atom stereocenters. The molecular formula is C16H16BrNO3. The highest BCUT2D eigenvalue weighted by molar-refractivity contribution is 9.10. The number of methoxy groups -OCH3 is 1. The number of aromatic hydroxyl groups is 1. The fraction of sp³-hybridized carbons (Fsp3) is 0.188. The molecule has 2 aromatic rings. The van der Waals surface area contributed by atoms with E-state index in [4.69, 9.17) is 4.74 Å². The monoisotopic (exact) mass is 349 g/mol. The Balaban J connectivity index is 1.99. The molecule has 0 aromatic heterocycles. The van der Waals surface area contributed by atoms with Gasteiger partial charge in [-0.3, -0.25) is 4.79 Å². The summed E-state index contributed by atoms with van der Waals surface area (Å²) < 4.78 is 5.46. The maximum atomic E-state index is 12.1. The Morgan fingerprint density at radius 1 is 1.29 bits per heavy atom. The molecule has 0 atom stereocenters. The zero-order valence-corrected chi connectivity index (χ0v) is 13.2. The normalized spacial score (nSPS) is 10.2. The van der Waals surface area contributed by atoms with Crippen LogP contribution in [0, 0.1) is 0 Å². The summed E-state index contributed by atoms with van der Waals surface area (Å²) in [6.07, 6.45) is 0.767. The van der Waals surface area contributed by atoms with Gasteiger partial charge in [0, 0.05) is 12.1 Å². The first-order valence-electron chi connectivity index (χ1n) is 6.50. The van der Waals surface area contributed by atoms with Gasteiger partial charge >= 0.3 is 0 Å². The van der Waals surface area contributed by atoms with Gasteiger partial charge in [-0.25, -0.2) is 0 Å². The van der Waals surface area contributed by atoms with Crippen LogP contribution in [-0.2, 0) is 6.42 Å². The number of carbonyl (C=O) groups is 1. The molecule has 4 nitrogen and oxygen atoms in total. The molecule has 21 heavy (non-hydrogen) atoms. The molecule has 110 valence electrons. The summed E-state index contributed by atoms with van der Waals surface area (Å²) in [6.45, 7) is 0.545. The number of amides is 1. The fourth-order valence-corrected chi connectivity index (χ4v) is 2.37. The maximum Gasteiger partial charge on any atom is 0.251 e. The molecule has 0 radical (unpaired) electrons. The SMILES string of the molecule is COc1cc(C(=O)NCCc2ccccc2)cc(Br)c1O. The predicted molar refractivity (Wildman–Crippen MR) is 84.8 cm³/mol. The van der Waals surface area contributed by atoms with E-state index in [1.165, 1.54) is 18.7 Å². The van der Waals surface area contributed by atoms with Gasteiger partial charge in [-0.05, 0) is 40.0 Å². The van der Waals surface area contributed by atoms with E-state index in [0.29, 0.717) is 16.6 Å². The van der Waals surface area contributed by atoms with Crippen molar-refractivity contribution in [3.63, 3.8) is 0 Å². The van der Waals surface area contributed by atoms with Crippen LogP contribution in [0.25, 0.3) is 0 Å². The van der Waals surface area contributed by atoms with Crippen molar-refractivity contribution in [2.75, 3.05) is 13.7 Å². The maximum absolute atomic E-state index is 12.1. The Kier molecular flexibility index (Phi) is 5.22. The van der Waals surface area contributed by atoms with E-state index in [0.717, 1.165) is 6.42 Å². The Morgan fingerprint density at radius 2 is 2.00 bits per heavy atom. The first-order chi connectivity index (χ1) is 10.1. The largest absolute Gasteiger partial charge is 0.503 e. The Hall–Kier alpha value is -2.01. The van der Waals surface area contributed by atoms with Crippen molar-refractivity contribution in [1.82, 2.24) is 5.32 Å². The van der Waals surface area contributed by atoms with E-state index in [2.05, 4.69) is 21.2 Å². The molecular weight excluding hydrogens is 334 g/mol. The van der Waals surface area contributed by atoms with Gasteiger partial charge in [-0.1, -0.05) is 30.3 Å². The van der Waals surface area contributed by atoms with Gasteiger partial charge in [-0.2, -0.15) is 0 Å². The summed E-state index contributed by atoms with van der Waals surface area (Å²) in [5.41, 5.74) is 1.60. The van der Waals surface area contributed by atoms with Crippen LogP contribution in [0.15, 0.2) is 46.9 Å². The molecule has 0 heterocycles. The molecule has 0 bridgehead atoms. The second-order valence-corrected chi connectivity index (χ2v) is 5.35. The number of rotatable bonds is 5. The average molecular weight is 350 g/mol. The summed E-state index contributed by atoms with van der Waals surface area (Å²) in [7, 11) is 1.44. The lowest BCUT2D eigenvalue weighted by Crippen LogP contribution is -2.25. The van der Waals surface area contributed by atoms with E-state index < -0.39 is 0 Å². The van der Waals surface area contributed by atoms with Gasteiger partial charge in [0.1, 0.15) is 0 Å². The van der Waals surface area contributed by atoms with Crippen LogP contribution in [0.2, 0.25) is 0 Å². The highest BCUT2D eigenvalue weighted by atomic mass is 79.9. The number of benzene rings is 2. The molecule has 5 heteroatoms. The van der Waals surface area contributed by atoms with E-state index >= 15 is 0 Å². The van der Waals surface area contributed by atoms with E-state index in [1.54, 1.807) is 6.07 Å². The van der Waals surface area contributed by atoms with Crippen LogP contribution in [0.1, 0.15) is 15.9 Å². The Labute approximate surface area is 131 Å². The van der Waals surface area contributed by atoms with Gasteiger partial charge in [0.2, 0.25) is 0 Å². The predicted octanol–water partition coefficient (Wildman–Crippen LogP) is 3.14. The minimum absolute atomic E-state index is 0.0154. The van der Waals surface area contributed by atoms with Crippen molar-refractivity contribution < 1.29 is 14.6 Å². The van der Waals surface area contributed by atoms with Gasteiger partial charge in [0.25, 0.3) is 5.91 Å². The lowest BCUT2D eigenvalue weighted by molar-refractivity contribution is 0.0953. The molecule has 0 aliphatic heterocycles. The Morgan fingerprint density at radius 3 is 2.67 bits per heavy atom. The first-order valence-corrected chi connectivity index (χ1v) is 7.29. The van der Waals surface area contributed by atoms with Crippen LogP contribution in [0.4, 0.5) is 0 Å². The van der Waals surface area contributed by atoms with Gasteiger partial charge in [-0.15, -0.1) is 0 Å². The van der Waals surface area contributed by atoms with Gasteiger partial charge in [0.15, 0.2) is 11.5 Å². The number of phenolic OH excluding ortho intramolecular Hbond substituents is 1. The average Bonchev–Trinajstić information content (AvgIpc) is 2.50. The second kappa shape index (κ2) is 7.13. The van der Waals surface area contributed by atoms with Crippen molar-refractivity contribution in [3.05, 3.63) is 58.1 Å². The third kappa shape index (κ3) is 3.98. The highest BCUT2D eigenvalue weighted by Crippen LogP contribution is 2.35. The summed E-state index contributed by atoms with van der Waals surface area (Å²) in [5, 5.41) is 12.6. The molecule has 2 rings (SSSR count). The number of nitrogens with one attached hydrogen (secondary N) is 1. The third-order valence-corrected chi connectivity index (χ3v) is 3.66. The zero-order valence-electron chi connectivity index (χ0n) is 11.6. The van der Waals surface area contributed by atoms with Crippen molar-refractivity contribution in [3.8, 4) is 11.5 Å². The standard InChI is InChI=1S/C16H16BrNO3/c1-21-14-10-12(9-13(17)15(14)19)16(20)18-8-7-11-5-3-2-4-6-11/h2-6,9-10,19H,7-8H2,1H3,(H,18,20). The highest BCUT2D eigenvalue weighted by Gasteiger charge is 2.13. The number of ether oxygens (including phenoxy) is 1. The van der Waals surface area contributed by atoms with Crippen LogP contribution in [-0.4, -0.2) is 24.7 Å². The van der Waals surface area contributed by atoms with Crippen molar-refractivity contribution >= 4 is 21.8 Å². The molecule has 0 saturated heterocycles. The number of hydrogen-bond donors (Lipinski definition) is 2. The molecule has 0 fully saturated rings. The van der Waals surface area contributed by atoms with E-state index in [9.17, 15) is 9.90 Å². The summed E-state index contributed by atoms with van der Waals surface area (Å²) >= 11 is 3.20. The lowest BCUT2D eigenvalue weighted by atomic mass is 10.1. The summed E-state index contributed by atoms with van der Waals surface area (Å²) in [4.78, 5) is 12.1. The number of phenols is 1. The molecule has 0 spiro atoms. The molecule has 2 aromatic carbocycles. The summed E-state index contributed by atoms with van der Waals surface area (Å²) in [5.74, 6) is 0.0425. The van der Waals surface area contributed by atoms with Gasteiger partial charge < -0.3 is 15.2 Å². The number of carbonyl (C=O) groups excluding carboxylic acids is 1. The number of hydrogen-bond acceptors (Lipinski definition) is 3.